The quantitative estimate of drug-likeness (QED) is 0.181. The number of fused-ring (bicyclic) bond motifs is 7. The second-order valence-electron chi connectivity index (χ2n) is 12.6. The molecular weight excluding hydrogens is 613 g/mol. The van der Waals surface area contributed by atoms with Gasteiger partial charge in [0.25, 0.3) is 0 Å². The van der Waals surface area contributed by atoms with E-state index in [1.54, 1.807) is 0 Å². The first-order chi connectivity index (χ1) is 24.3. The van der Waals surface area contributed by atoms with E-state index in [4.69, 9.17) is 0 Å². The molecule has 0 bridgehead atoms. The average Bonchev–Trinajstić information content (AvgIpc) is 3.70. The summed E-state index contributed by atoms with van der Waals surface area (Å²) in [4.78, 5) is 2.46. The number of benzene rings is 8. The molecule has 0 aliphatic heterocycles. The highest BCUT2D eigenvalue weighted by Crippen LogP contribution is 2.47. The van der Waals surface area contributed by atoms with Crippen LogP contribution in [-0.4, -0.2) is 4.57 Å². The minimum absolute atomic E-state index is 1.12. The lowest BCUT2D eigenvalue weighted by Gasteiger charge is -2.27. The molecule has 230 valence electrons. The monoisotopic (exact) mass is 642 g/mol. The van der Waals surface area contributed by atoms with E-state index in [-0.39, 0.29) is 0 Å². The first-order valence-corrected chi connectivity index (χ1v) is 17.5. The zero-order valence-corrected chi connectivity index (χ0v) is 27.4. The molecule has 0 spiro atoms. The Kier molecular flexibility index (Phi) is 6.39. The molecule has 0 N–H and O–H groups in total. The molecule has 0 amide bonds. The van der Waals surface area contributed by atoms with Crippen LogP contribution in [-0.2, 0) is 0 Å². The number of nitrogens with zero attached hydrogens (tertiary/aromatic N) is 2. The molecule has 0 aliphatic rings. The van der Waals surface area contributed by atoms with Crippen molar-refractivity contribution >= 4 is 81.1 Å². The van der Waals surface area contributed by atoms with Crippen LogP contribution in [0, 0.1) is 0 Å². The summed E-state index contributed by atoms with van der Waals surface area (Å²) in [5, 5.41) is 7.60. The van der Waals surface area contributed by atoms with E-state index >= 15 is 0 Å². The van der Waals surface area contributed by atoms with Gasteiger partial charge in [-0.25, -0.2) is 0 Å². The molecule has 2 heterocycles. The molecule has 0 atom stereocenters. The first kappa shape index (κ1) is 27.9. The average molecular weight is 643 g/mol. The normalized spacial score (nSPS) is 11.7. The number of hydrogen-bond donors (Lipinski definition) is 0. The van der Waals surface area contributed by atoms with Crippen molar-refractivity contribution in [3.8, 4) is 16.8 Å². The van der Waals surface area contributed by atoms with Crippen molar-refractivity contribution in [3.05, 3.63) is 182 Å². The Labute approximate surface area is 288 Å². The second-order valence-corrected chi connectivity index (χ2v) is 13.7. The number of anilines is 3. The van der Waals surface area contributed by atoms with Crippen LogP contribution in [0.1, 0.15) is 0 Å². The van der Waals surface area contributed by atoms with Gasteiger partial charge in [0.1, 0.15) is 0 Å². The lowest BCUT2D eigenvalue weighted by atomic mass is 10.0. The van der Waals surface area contributed by atoms with Crippen LogP contribution in [0.25, 0.3) is 69.6 Å². The van der Waals surface area contributed by atoms with Gasteiger partial charge in [-0.1, -0.05) is 115 Å². The summed E-state index contributed by atoms with van der Waals surface area (Å²) in [5.41, 5.74) is 9.34. The molecule has 10 rings (SSSR count). The summed E-state index contributed by atoms with van der Waals surface area (Å²) in [6, 6.07) is 66.2. The van der Waals surface area contributed by atoms with E-state index < -0.39 is 0 Å². The Balaban J connectivity index is 1.28. The van der Waals surface area contributed by atoms with E-state index in [1.807, 2.05) is 11.3 Å². The molecule has 0 fully saturated rings. The van der Waals surface area contributed by atoms with Gasteiger partial charge in [-0.05, 0) is 88.6 Å². The standard InChI is InChI=1S/C46H30N2S/c1-3-13-31(14-4-1)32-17-11-20-36(27-32)47(42-23-12-24-44-46(42)40-28-33-15-7-8-16-34(33)29-45(40)49-44)37-25-26-39-38-21-9-10-22-41(38)48(43(39)30-37)35-18-5-2-6-19-35/h1-30H. The Morgan fingerprint density at radius 2 is 1.08 bits per heavy atom. The SMILES string of the molecule is c1ccc(-c2cccc(N(c3ccc4c5ccccc5n(-c5ccccc5)c4c3)c3cccc4sc5cc6ccccc6cc5c34)c2)cc1. The molecule has 2 aromatic heterocycles. The van der Waals surface area contributed by atoms with Crippen LogP contribution in [0.3, 0.4) is 0 Å². The minimum atomic E-state index is 1.12. The van der Waals surface area contributed by atoms with E-state index in [1.165, 1.54) is 69.6 Å². The van der Waals surface area contributed by atoms with Crippen LogP contribution < -0.4 is 4.90 Å². The lowest BCUT2D eigenvalue weighted by molar-refractivity contribution is 1.18. The van der Waals surface area contributed by atoms with Crippen molar-refractivity contribution in [2.45, 2.75) is 0 Å². The zero-order valence-electron chi connectivity index (χ0n) is 26.6. The van der Waals surface area contributed by atoms with E-state index in [9.17, 15) is 0 Å². The fourth-order valence-electron chi connectivity index (χ4n) is 7.51. The van der Waals surface area contributed by atoms with Gasteiger partial charge in [0.15, 0.2) is 0 Å². The summed E-state index contributed by atoms with van der Waals surface area (Å²) in [7, 11) is 0. The topological polar surface area (TPSA) is 8.17 Å². The predicted molar refractivity (Wildman–Crippen MR) is 211 cm³/mol. The van der Waals surface area contributed by atoms with Gasteiger partial charge in [0.05, 0.1) is 16.7 Å². The van der Waals surface area contributed by atoms with Gasteiger partial charge >= 0.3 is 0 Å². The smallest absolute Gasteiger partial charge is 0.0561 e. The van der Waals surface area contributed by atoms with Crippen molar-refractivity contribution in [2.75, 3.05) is 4.90 Å². The van der Waals surface area contributed by atoms with Gasteiger partial charge in [-0.3, -0.25) is 0 Å². The van der Waals surface area contributed by atoms with Crippen LogP contribution in [0.4, 0.5) is 17.1 Å². The van der Waals surface area contributed by atoms with Gasteiger partial charge in [0.2, 0.25) is 0 Å². The third kappa shape index (κ3) is 4.55. The lowest BCUT2D eigenvalue weighted by Crippen LogP contribution is -2.10. The van der Waals surface area contributed by atoms with E-state index in [0.29, 0.717) is 0 Å². The molecule has 10 aromatic rings. The molecule has 3 heteroatoms. The molecule has 0 saturated carbocycles. The first-order valence-electron chi connectivity index (χ1n) is 16.7. The highest BCUT2D eigenvalue weighted by Gasteiger charge is 2.21. The summed E-state index contributed by atoms with van der Waals surface area (Å²) in [6.45, 7) is 0. The maximum Gasteiger partial charge on any atom is 0.0561 e. The predicted octanol–water partition coefficient (Wildman–Crippen LogP) is 13.4. The minimum Gasteiger partial charge on any atom is -0.310 e. The number of rotatable bonds is 5. The fraction of sp³-hybridized carbons (Fsp3) is 0. The zero-order chi connectivity index (χ0) is 32.3. The maximum absolute atomic E-state index is 2.46. The number of thiophene rings is 1. The summed E-state index contributed by atoms with van der Waals surface area (Å²) < 4.78 is 4.99. The van der Waals surface area contributed by atoms with E-state index in [0.717, 1.165) is 17.1 Å². The largest absolute Gasteiger partial charge is 0.310 e. The number of aromatic nitrogens is 1. The van der Waals surface area contributed by atoms with Crippen LogP contribution in [0.2, 0.25) is 0 Å². The van der Waals surface area contributed by atoms with Crippen molar-refractivity contribution in [1.82, 2.24) is 4.57 Å². The third-order valence-electron chi connectivity index (χ3n) is 9.72. The fourth-order valence-corrected chi connectivity index (χ4v) is 8.67. The number of para-hydroxylation sites is 2. The third-order valence-corrected chi connectivity index (χ3v) is 10.8. The highest BCUT2D eigenvalue weighted by atomic mass is 32.1. The van der Waals surface area contributed by atoms with Gasteiger partial charge < -0.3 is 9.47 Å². The van der Waals surface area contributed by atoms with Crippen LogP contribution in [0.5, 0.6) is 0 Å². The highest BCUT2D eigenvalue weighted by molar-refractivity contribution is 7.26. The Morgan fingerprint density at radius 3 is 1.94 bits per heavy atom. The molecular formula is C46H30N2S. The van der Waals surface area contributed by atoms with Crippen molar-refractivity contribution in [1.29, 1.82) is 0 Å². The number of hydrogen-bond acceptors (Lipinski definition) is 2. The van der Waals surface area contributed by atoms with Gasteiger partial charge in [0, 0.05) is 48.0 Å². The molecule has 8 aromatic carbocycles. The Hall–Kier alpha value is -6.16. The summed E-state index contributed by atoms with van der Waals surface area (Å²) >= 11 is 1.87. The van der Waals surface area contributed by atoms with Crippen LogP contribution in [0.15, 0.2) is 182 Å². The van der Waals surface area contributed by atoms with Gasteiger partial charge in [-0.2, -0.15) is 0 Å². The molecule has 0 unspecified atom stereocenters. The molecule has 0 saturated heterocycles. The van der Waals surface area contributed by atoms with Gasteiger partial charge in [-0.15, -0.1) is 11.3 Å². The van der Waals surface area contributed by atoms with Crippen LogP contribution >= 0.6 is 11.3 Å². The van der Waals surface area contributed by atoms with E-state index in [2.05, 4.69) is 191 Å². The maximum atomic E-state index is 2.46. The van der Waals surface area contributed by atoms with Crippen molar-refractivity contribution in [2.24, 2.45) is 0 Å². The molecule has 0 radical (unpaired) electrons. The summed E-state index contributed by atoms with van der Waals surface area (Å²) in [6.07, 6.45) is 0. The Morgan fingerprint density at radius 1 is 0.408 bits per heavy atom. The Bertz CT molecular complexity index is 2830. The second kappa shape index (κ2) is 11.2. The molecule has 49 heavy (non-hydrogen) atoms. The molecule has 0 aliphatic carbocycles. The van der Waals surface area contributed by atoms with Crippen molar-refractivity contribution < 1.29 is 0 Å². The van der Waals surface area contributed by atoms with Crippen molar-refractivity contribution in [3.63, 3.8) is 0 Å². The molecule has 2 nitrogen and oxygen atoms in total. The summed E-state index contributed by atoms with van der Waals surface area (Å²) in [5.74, 6) is 0.